The van der Waals surface area contributed by atoms with Crippen molar-refractivity contribution < 1.29 is 0 Å². The monoisotopic (exact) mass is 617 g/mol. The summed E-state index contributed by atoms with van der Waals surface area (Å²) in [4.78, 5) is 6.99. The Morgan fingerprint density at radius 1 is 1.00 bits per heavy atom. The van der Waals surface area contributed by atoms with E-state index < -0.39 is 0 Å². The summed E-state index contributed by atoms with van der Waals surface area (Å²) in [7, 11) is 0. The van der Waals surface area contributed by atoms with Gasteiger partial charge in [0.1, 0.15) is 0 Å². The molecule has 2 aromatic carbocycles. The highest BCUT2D eigenvalue weighted by Crippen LogP contribution is 2.33. The molecule has 4 rings (SSSR count). The van der Waals surface area contributed by atoms with E-state index in [0.29, 0.717) is 12.6 Å². The van der Waals surface area contributed by atoms with E-state index in [1.807, 2.05) is 56.6 Å². The first kappa shape index (κ1) is 38.2. The van der Waals surface area contributed by atoms with Crippen molar-refractivity contribution in [2.45, 2.75) is 99.1 Å². The summed E-state index contributed by atoms with van der Waals surface area (Å²) in [5.74, 6) is 0. The van der Waals surface area contributed by atoms with E-state index in [0.717, 1.165) is 37.4 Å². The van der Waals surface area contributed by atoms with Gasteiger partial charge < -0.3 is 10.6 Å². The van der Waals surface area contributed by atoms with Gasteiger partial charge >= 0.3 is 0 Å². The Morgan fingerprint density at radius 2 is 1.72 bits per heavy atom. The lowest BCUT2D eigenvalue weighted by Crippen LogP contribution is -2.27. The standard InChI is InChI=1S/C20H24N2.C16H23N.C7H12/c1-3-16-10-12-17(13-11-16)15-22(4-2)19-9-5-7-18-8-6-14-21-20(18)19;1-4-5-8-14(3)16(12-17)11-15-10-7-6-9-13(15)2;1-4-6-7(3)5-2/h4,6,8,10-14,19H,2-3,5,7,9,15H2,1H3;6-7,9-11H,2,4-5,8,12,17H2,1,3H3;4-6H,1-3H3/b;15-11-,16-14-;6-4-,7-5-. The molecular formula is C43H59N3. The van der Waals surface area contributed by atoms with Crippen molar-refractivity contribution in [1.29, 1.82) is 0 Å². The van der Waals surface area contributed by atoms with E-state index in [2.05, 4.69) is 105 Å². The van der Waals surface area contributed by atoms with Crippen molar-refractivity contribution >= 4 is 12.7 Å². The molecule has 0 fully saturated rings. The van der Waals surface area contributed by atoms with Gasteiger partial charge in [-0.2, -0.15) is 0 Å². The largest absolute Gasteiger partial charge is 0.365 e. The van der Waals surface area contributed by atoms with Crippen molar-refractivity contribution in [3.05, 3.63) is 147 Å². The minimum absolute atomic E-state index is 0.355. The summed E-state index contributed by atoms with van der Waals surface area (Å²) in [5, 5.41) is 2.23. The second-order valence-electron chi connectivity index (χ2n) is 12.0. The molecule has 0 amide bonds. The summed E-state index contributed by atoms with van der Waals surface area (Å²) in [6.07, 6.45) is 20.5. The topological polar surface area (TPSA) is 42.2 Å². The Balaban J connectivity index is 0.000000273. The number of pyridine rings is 1. The Labute approximate surface area is 280 Å². The number of allylic oxidation sites excluding steroid dienone is 5. The van der Waals surface area contributed by atoms with Crippen LogP contribution in [0.4, 0.5) is 0 Å². The smallest absolute Gasteiger partial charge is 0.0714 e. The zero-order valence-corrected chi connectivity index (χ0v) is 29.6. The van der Waals surface area contributed by atoms with Crippen LogP contribution in [-0.2, 0) is 19.4 Å². The van der Waals surface area contributed by atoms with Crippen LogP contribution in [0.15, 0.2) is 115 Å². The van der Waals surface area contributed by atoms with Gasteiger partial charge in [0, 0.05) is 19.3 Å². The molecule has 0 aliphatic heterocycles. The van der Waals surface area contributed by atoms with Crippen molar-refractivity contribution in [3.63, 3.8) is 0 Å². The fourth-order valence-electron chi connectivity index (χ4n) is 5.48. The summed E-state index contributed by atoms with van der Waals surface area (Å²) < 4.78 is 0. The number of unbranched alkanes of at least 4 members (excludes halogenated alkanes) is 1. The van der Waals surface area contributed by atoms with E-state index in [-0.39, 0.29) is 0 Å². The van der Waals surface area contributed by atoms with Gasteiger partial charge in [-0.1, -0.05) is 117 Å². The molecule has 1 atom stereocenters. The Bertz CT molecular complexity index is 1520. The minimum atomic E-state index is 0.355. The van der Waals surface area contributed by atoms with Gasteiger partial charge in [0.2, 0.25) is 0 Å². The first-order valence-electron chi connectivity index (χ1n) is 17.1. The van der Waals surface area contributed by atoms with Crippen molar-refractivity contribution in [2.24, 2.45) is 5.73 Å². The van der Waals surface area contributed by atoms with Gasteiger partial charge in [0.25, 0.3) is 0 Å². The van der Waals surface area contributed by atoms with Crippen LogP contribution in [0.3, 0.4) is 0 Å². The number of nitrogens with zero attached hydrogens (tertiary/aromatic N) is 2. The zero-order chi connectivity index (χ0) is 33.7. The lowest BCUT2D eigenvalue weighted by Gasteiger charge is -2.34. The van der Waals surface area contributed by atoms with Gasteiger partial charge in [-0.25, -0.2) is 0 Å². The quantitative estimate of drug-likeness (QED) is 0.218. The number of hydrogen-bond acceptors (Lipinski definition) is 3. The van der Waals surface area contributed by atoms with Gasteiger partial charge in [-0.05, 0) is 117 Å². The van der Waals surface area contributed by atoms with Gasteiger partial charge in [-0.3, -0.25) is 4.98 Å². The summed E-state index contributed by atoms with van der Waals surface area (Å²) >= 11 is 0. The van der Waals surface area contributed by atoms with E-state index in [1.54, 1.807) is 0 Å². The van der Waals surface area contributed by atoms with Crippen LogP contribution in [0.1, 0.15) is 102 Å². The maximum Gasteiger partial charge on any atom is 0.0714 e. The highest BCUT2D eigenvalue weighted by molar-refractivity contribution is 5.50. The number of fused-ring (bicyclic) bond motifs is 1. The molecule has 3 nitrogen and oxygen atoms in total. The van der Waals surface area contributed by atoms with E-state index >= 15 is 0 Å². The summed E-state index contributed by atoms with van der Waals surface area (Å²) in [5.41, 5.74) is 15.2. The maximum absolute atomic E-state index is 5.83. The second kappa shape index (κ2) is 21.7. The number of rotatable bonds is 11. The lowest BCUT2D eigenvalue weighted by atomic mass is 9.90. The molecule has 1 aliphatic carbocycles. The van der Waals surface area contributed by atoms with Gasteiger partial charge in [-0.15, -0.1) is 0 Å². The average Bonchev–Trinajstić information content (AvgIpc) is 3.10. The molecule has 46 heavy (non-hydrogen) atoms. The predicted molar refractivity (Wildman–Crippen MR) is 203 cm³/mol. The molecular weight excluding hydrogens is 558 g/mol. The number of aryl methyl sites for hydroxylation is 2. The van der Waals surface area contributed by atoms with Crippen LogP contribution in [0.25, 0.3) is 12.7 Å². The van der Waals surface area contributed by atoms with E-state index in [1.165, 1.54) is 63.6 Å². The maximum atomic E-state index is 5.83. The van der Waals surface area contributed by atoms with Crippen LogP contribution in [0, 0.1) is 0 Å². The molecule has 0 saturated heterocycles. The third kappa shape index (κ3) is 12.8. The number of hydrogen-bond donors (Lipinski definition) is 1. The highest BCUT2D eigenvalue weighted by atomic mass is 15.1. The third-order valence-electron chi connectivity index (χ3n) is 8.54. The Morgan fingerprint density at radius 3 is 2.30 bits per heavy atom. The Kier molecular flexibility index (Phi) is 18.1. The van der Waals surface area contributed by atoms with Gasteiger partial charge in [0.15, 0.2) is 0 Å². The number of nitrogens with two attached hydrogens (primary N) is 1. The van der Waals surface area contributed by atoms with Crippen LogP contribution >= 0.6 is 0 Å². The normalized spacial score (nSPS) is 15.2. The van der Waals surface area contributed by atoms with Crippen LogP contribution < -0.4 is 16.2 Å². The summed E-state index contributed by atoms with van der Waals surface area (Å²) in [6.45, 7) is 22.3. The van der Waals surface area contributed by atoms with Crippen LogP contribution in [0.2, 0.25) is 0 Å². The fraction of sp³-hybridized carbons (Fsp3) is 0.372. The molecule has 1 aromatic heterocycles. The summed E-state index contributed by atoms with van der Waals surface area (Å²) in [6, 6.07) is 21.7. The third-order valence-corrected chi connectivity index (χ3v) is 8.54. The van der Waals surface area contributed by atoms with Gasteiger partial charge in [0.05, 0.1) is 11.7 Å². The minimum Gasteiger partial charge on any atom is -0.365 e. The SMILES string of the molecule is C/C=C\C(C)=C/C.C=CN(Cc1ccc(CC)cc1)C1CCCc2cccnc21.C=c1cccc/c1=C/C(CN)=C(\C)CCCC. The molecule has 0 saturated carbocycles. The molecule has 0 radical (unpaired) electrons. The van der Waals surface area contributed by atoms with Crippen molar-refractivity contribution in [2.75, 3.05) is 6.54 Å². The lowest BCUT2D eigenvalue weighted by molar-refractivity contribution is 0.240. The molecule has 2 N–H and O–H groups in total. The average molecular weight is 618 g/mol. The molecule has 246 valence electrons. The first-order chi connectivity index (χ1) is 22.3. The van der Waals surface area contributed by atoms with Crippen molar-refractivity contribution in [1.82, 2.24) is 9.88 Å². The van der Waals surface area contributed by atoms with Crippen molar-refractivity contribution in [3.8, 4) is 0 Å². The zero-order valence-electron chi connectivity index (χ0n) is 29.6. The fourth-order valence-corrected chi connectivity index (χ4v) is 5.48. The number of aromatic nitrogens is 1. The van der Waals surface area contributed by atoms with E-state index in [9.17, 15) is 0 Å². The Hall–Kier alpha value is -3.95. The molecule has 1 heterocycles. The molecule has 0 bridgehead atoms. The molecule has 1 aliphatic rings. The molecule has 1 unspecified atom stereocenters. The predicted octanol–water partition coefficient (Wildman–Crippen LogP) is 9.54. The van der Waals surface area contributed by atoms with Crippen LogP contribution in [0.5, 0.6) is 0 Å². The molecule has 3 heteroatoms. The molecule has 3 aromatic rings. The highest BCUT2D eigenvalue weighted by Gasteiger charge is 2.25. The second-order valence-corrected chi connectivity index (χ2v) is 12.0. The first-order valence-corrected chi connectivity index (χ1v) is 17.1. The molecule has 0 spiro atoms. The number of benzene rings is 2. The van der Waals surface area contributed by atoms with E-state index in [4.69, 9.17) is 5.73 Å². The van der Waals surface area contributed by atoms with Crippen LogP contribution in [-0.4, -0.2) is 16.4 Å².